The van der Waals surface area contributed by atoms with Crippen molar-refractivity contribution in [3.05, 3.63) is 0 Å². The highest BCUT2D eigenvalue weighted by molar-refractivity contribution is 5.79. The van der Waals surface area contributed by atoms with Crippen LogP contribution in [0.1, 0.15) is 39.5 Å². The summed E-state index contributed by atoms with van der Waals surface area (Å²) >= 11 is 0. The summed E-state index contributed by atoms with van der Waals surface area (Å²) in [6.45, 7) is 8.52. The highest BCUT2D eigenvalue weighted by Gasteiger charge is 2.36. The van der Waals surface area contributed by atoms with Crippen LogP contribution in [-0.4, -0.2) is 74.1 Å². The quantitative estimate of drug-likeness (QED) is 0.760. The van der Waals surface area contributed by atoms with Gasteiger partial charge in [-0.25, -0.2) is 4.79 Å². The van der Waals surface area contributed by atoms with Crippen LogP contribution in [0.4, 0.5) is 4.79 Å². The van der Waals surface area contributed by atoms with Gasteiger partial charge in [-0.2, -0.15) is 0 Å². The van der Waals surface area contributed by atoms with Crippen molar-refractivity contribution in [3.8, 4) is 0 Å². The van der Waals surface area contributed by atoms with Crippen LogP contribution in [0, 0.1) is 17.8 Å². The lowest BCUT2D eigenvalue weighted by Gasteiger charge is -2.38. The Hall–Kier alpha value is -1.34. The Balaban J connectivity index is 1.45. The number of hydrogen-bond donors (Lipinski definition) is 0. The van der Waals surface area contributed by atoms with Gasteiger partial charge in [-0.05, 0) is 31.6 Å². The molecule has 0 aromatic rings. The molecular formula is C19H32N2O5. The van der Waals surface area contributed by atoms with Crippen LogP contribution in [0.25, 0.3) is 0 Å². The van der Waals surface area contributed by atoms with Gasteiger partial charge >= 0.3 is 6.09 Å². The lowest BCUT2D eigenvalue weighted by Crippen LogP contribution is -2.49. The zero-order valence-corrected chi connectivity index (χ0v) is 16.0. The van der Waals surface area contributed by atoms with Gasteiger partial charge in [-0.1, -0.05) is 13.8 Å². The number of rotatable bonds is 4. The molecular weight excluding hydrogens is 336 g/mol. The summed E-state index contributed by atoms with van der Waals surface area (Å²) in [5.41, 5.74) is 0. The summed E-state index contributed by atoms with van der Waals surface area (Å²) in [5.74, 6) is 0.843. The van der Waals surface area contributed by atoms with Crippen LogP contribution in [0.2, 0.25) is 0 Å². The first kappa shape index (κ1) is 19.4. The fourth-order valence-electron chi connectivity index (χ4n) is 3.98. The van der Waals surface area contributed by atoms with Crippen molar-refractivity contribution in [3.63, 3.8) is 0 Å². The highest BCUT2D eigenvalue weighted by Crippen LogP contribution is 2.28. The average Bonchev–Trinajstić information content (AvgIpc) is 3.20. The molecule has 2 amide bonds. The van der Waals surface area contributed by atoms with Crippen molar-refractivity contribution in [2.45, 2.75) is 45.8 Å². The molecule has 26 heavy (non-hydrogen) atoms. The van der Waals surface area contributed by atoms with E-state index < -0.39 is 0 Å². The molecule has 1 unspecified atom stereocenters. The van der Waals surface area contributed by atoms with Gasteiger partial charge in [-0.15, -0.1) is 0 Å². The van der Waals surface area contributed by atoms with Crippen molar-refractivity contribution < 1.29 is 23.8 Å². The first-order valence-corrected chi connectivity index (χ1v) is 9.98. The molecule has 0 spiro atoms. The number of carbonyl (C=O) groups is 2. The van der Waals surface area contributed by atoms with Crippen LogP contribution in [0.15, 0.2) is 0 Å². The van der Waals surface area contributed by atoms with Gasteiger partial charge in [0.05, 0.1) is 19.8 Å². The minimum atomic E-state index is -0.252. The Kier molecular flexibility index (Phi) is 6.75. The molecule has 0 aromatic carbocycles. The van der Waals surface area contributed by atoms with Crippen LogP contribution in [0.5, 0.6) is 0 Å². The van der Waals surface area contributed by atoms with E-state index in [2.05, 4.69) is 0 Å². The number of amides is 2. The first-order valence-electron chi connectivity index (χ1n) is 9.98. The second-order valence-electron chi connectivity index (χ2n) is 8.03. The second kappa shape index (κ2) is 9.04. The van der Waals surface area contributed by atoms with E-state index in [9.17, 15) is 9.59 Å². The number of ether oxygens (including phenoxy) is 3. The smallest absolute Gasteiger partial charge is 0.409 e. The van der Waals surface area contributed by atoms with Crippen LogP contribution < -0.4 is 0 Å². The number of nitrogens with zero attached hydrogens (tertiary/aromatic N) is 2. The maximum absolute atomic E-state index is 12.9. The fraction of sp³-hybridized carbons (Fsp3) is 0.895. The maximum Gasteiger partial charge on any atom is 0.409 e. The molecule has 0 aromatic heterocycles. The molecule has 7 heteroatoms. The lowest BCUT2D eigenvalue weighted by molar-refractivity contribution is -0.144. The predicted octanol–water partition coefficient (Wildman–Crippen LogP) is 2.10. The third kappa shape index (κ3) is 4.88. The normalized spacial score (nSPS) is 25.7. The van der Waals surface area contributed by atoms with Gasteiger partial charge in [0.15, 0.2) is 6.29 Å². The third-order valence-corrected chi connectivity index (χ3v) is 5.44. The Bertz CT molecular complexity index is 484. The van der Waals surface area contributed by atoms with E-state index in [0.29, 0.717) is 51.7 Å². The molecule has 3 aliphatic rings. The van der Waals surface area contributed by atoms with E-state index in [1.54, 1.807) is 4.90 Å². The standard InChI is InChI=1S/C19H32N2O5/c1-14(2)13-26-19(23)20-8-5-15(6-9-20)17(22)21-7-3-4-16(12-21)18-24-10-11-25-18/h14-16,18H,3-13H2,1-2H3. The van der Waals surface area contributed by atoms with Crippen molar-refractivity contribution in [1.29, 1.82) is 0 Å². The zero-order valence-electron chi connectivity index (χ0n) is 16.0. The molecule has 3 fully saturated rings. The third-order valence-electron chi connectivity index (χ3n) is 5.44. The fourth-order valence-corrected chi connectivity index (χ4v) is 3.98. The first-order chi connectivity index (χ1) is 12.5. The molecule has 1 atom stereocenters. The molecule has 0 bridgehead atoms. The van der Waals surface area contributed by atoms with Crippen LogP contribution >= 0.6 is 0 Å². The maximum atomic E-state index is 12.9. The topological polar surface area (TPSA) is 68.3 Å². The molecule has 3 heterocycles. The molecule has 3 rings (SSSR count). The van der Waals surface area contributed by atoms with Crippen molar-refractivity contribution in [1.82, 2.24) is 9.80 Å². The Morgan fingerprint density at radius 2 is 1.73 bits per heavy atom. The largest absolute Gasteiger partial charge is 0.449 e. The summed E-state index contributed by atoms with van der Waals surface area (Å²) in [6.07, 6.45) is 3.08. The van der Waals surface area contributed by atoms with Gasteiger partial charge in [-0.3, -0.25) is 4.79 Å². The number of likely N-dealkylation sites (tertiary alicyclic amines) is 2. The van der Waals surface area contributed by atoms with Gasteiger partial charge in [0, 0.05) is 38.0 Å². The molecule has 0 aliphatic carbocycles. The van der Waals surface area contributed by atoms with E-state index in [1.807, 2.05) is 18.7 Å². The van der Waals surface area contributed by atoms with Crippen LogP contribution in [0.3, 0.4) is 0 Å². The molecule has 3 aliphatic heterocycles. The molecule has 0 N–H and O–H groups in total. The molecule has 0 radical (unpaired) electrons. The second-order valence-corrected chi connectivity index (χ2v) is 8.03. The molecule has 148 valence electrons. The van der Waals surface area contributed by atoms with Crippen molar-refractivity contribution in [2.24, 2.45) is 17.8 Å². The summed E-state index contributed by atoms with van der Waals surface area (Å²) in [6, 6.07) is 0. The predicted molar refractivity (Wildman–Crippen MR) is 95.5 cm³/mol. The number of piperidine rings is 2. The molecule has 0 saturated carbocycles. The van der Waals surface area contributed by atoms with Crippen LogP contribution in [-0.2, 0) is 19.0 Å². The minimum Gasteiger partial charge on any atom is -0.449 e. The van der Waals surface area contributed by atoms with E-state index in [0.717, 1.165) is 25.9 Å². The van der Waals surface area contributed by atoms with E-state index >= 15 is 0 Å². The van der Waals surface area contributed by atoms with Crippen molar-refractivity contribution in [2.75, 3.05) is 46.0 Å². The number of hydrogen-bond acceptors (Lipinski definition) is 5. The zero-order chi connectivity index (χ0) is 18.5. The molecule has 3 saturated heterocycles. The SMILES string of the molecule is CC(C)COC(=O)N1CCC(C(=O)N2CCCC(C3OCCO3)C2)CC1. The summed E-state index contributed by atoms with van der Waals surface area (Å²) in [5, 5.41) is 0. The summed E-state index contributed by atoms with van der Waals surface area (Å²) in [7, 11) is 0. The van der Waals surface area contributed by atoms with Gasteiger partial charge in [0.1, 0.15) is 0 Å². The van der Waals surface area contributed by atoms with E-state index in [-0.39, 0.29) is 30.1 Å². The lowest BCUT2D eigenvalue weighted by atomic mass is 9.92. The Morgan fingerprint density at radius 3 is 2.38 bits per heavy atom. The van der Waals surface area contributed by atoms with Gasteiger partial charge in [0.25, 0.3) is 0 Å². The monoisotopic (exact) mass is 368 g/mol. The van der Waals surface area contributed by atoms with Gasteiger partial charge < -0.3 is 24.0 Å². The van der Waals surface area contributed by atoms with Crippen molar-refractivity contribution >= 4 is 12.0 Å². The van der Waals surface area contributed by atoms with E-state index in [4.69, 9.17) is 14.2 Å². The van der Waals surface area contributed by atoms with E-state index in [1.165, 1.54) is 0 Å². The Morgan fingerprint density at radius 1 is 1.04 bits per heavy atom. The average molecular weight is 368 g/mol. The summed E-state index contributed by atoms with van der Waals surface area (Å²) in [4.78, 5) is 28.7. The summed E-state index contributed by atoms with van der Waals surface area (Å²) < 4.78 is 16.5. The molecule has 7 nitrogen and oxygen atoms in total. The number of carbonyl (C=O) groups excluding carboxylic acids is 2. The van der Waals surface area contributed by atoms with Gasteiger partial charge in [0.2, 0.25) is 5.91 Å². The Labute approximate surface area is 155 Å². The minimum absolute atomic E-state index is 0.00770. The highest BCUT2D eigenvalue weighted by atomic mass is 16.7.